The first-order chi connectivity index (χ1) is 19.7. The second-order valence-corrected chi connectivity index (χ2v) is 11.1. The highest BCUT2D eigenvalue weighted by Crippen LogP contribution is 2.33. The van der Waals surface area contributed by atoms with E-state index in [-0.39, 0.29) is 28.7 Å². The highest BCUT2D eigenvalue weighted by molar-refractivity contribution is 7.99. The first-order valence-corrected chi connectivity index (χ1v) is 14.5. The fourth-order valence-corrected chi connectivity index (χ4v) is 6.07. The van der Waals surface area contributed by atoms with Crippen LogP contribution in [-0.4, -0.2) is 47.5 Å². The minimum atomic E-state index is -0.537. The van der Waals surface area contributed by atoms with E-state index in [1.165, 1.54) is 30.6 Å². The van der Waals surface area contributed by atoms with Gasteiger partial charge in [-0.05, 0) is 49.1 Å². The Morgan fingerprint density at radius 1 is 1.10 bits per heavy atom. The number of nitro benzene ring substituents is 1. The molecule has 2 aromatic carbocycles. The average Bonchev–Trinajstić information content (AvgIpc) is 3.40. The van der Waals surface area contributed by atoms with Crippen molar-refractivity contribution in [2.24, 2.45) is 0 Å². The topological polar surface area (TPSA) is 135 Å². The lowest BCUT2D eigenvalue weighted by molar-refractivity contribution is -0.385. The number of nitrogens with one attached hydrogen (secondary N) is 1. The predicted octanol–water partition coefficient (Wildman–Crippen LogP) is 5.24. The van der Waals surface area contributed by atoms with E-state index in [0.717, 1.165) is 28.6 Å². The number of fused-ring (bicyclic) bond motifs is 1. The molecule has 0 aliphatic heterocycles. The van der Waals surface area contributed by atoms with Crippen LogP contribution in [0.1, 0.15) is 22.9 Å². The van der Waals surface area contributed by atoms with E-state index in [1.54, 1.807) is 25.7 Å². The SMILES string of the molecule is CCc1cc2c(=O)n(CCc3ccc(OC)c(OC)c3)c(SCC(=O)Nc3cc(OC)c([N+](=O)[O-])cc3C)nc2s1. The normalized spacial score (nSPS) is 11.0. The molecule has 1 N–H and O–H groups in total. The second-order valence-electron chi connectivity index (χ2n) is 9.01. The van der Waals surface area contributed by atoms with Crippen molar-refractivity contribution in [1.29, 1.82) is 0 Å². The van der Waals surface area contributed by atoms with Gasteiger partial charge in [-0.15, -0.1) is 11.3 Å². The van der Waals surface area contributed by atoms with E-state index in [1.807, 2.05) is 31.2 Å². The Labute approximate surface area is 244 Å². The van der Waals surface area contributed by atoms with E-state index in [4.69, 9.17) is 19.2 Å². The van der Waals surface area contributed by atoms with Gasteiger partial charge in [-0.2, -0.15) is 0 Å². The van der Waals surface area contributed by atoms with E-state index < -0.39 is 4.92 Å². The monoisotopic (exact) mass is 598 g/mol. The van der Waals surface area contributed by atoms with Gasteiger partial charge >= 0.3 is 5.69 Å². The molecule has 4 rings (SSSR count). The van der Waals surface area contributed by atoms with Crippen LogP contribution in [0, 0.1) is 17.0 Å². The maximum Gasteiger partial charge on any atom is 0.311 e. The Kier molecular flexibility index (Phi) is 9.50. The molecule has 0 atom stereocenters. The lowest BCUT2D eigenvalue weighted by Crippen LogP contribution is -2.24. The summed E-state index contributed by atoms with van der Waals surface area (Å²) in [6.07, 6.45) is 1.31. The Bertz CT molecular complexity index is 1670. The van der Waals surface area contributed by atoms with Crippen molar-refractivity contribution in [3.05, 3.63) is 72.9 Å². The number of aryl methyl sites for hydroxylation is 3. The number of methoxy groups -OCH3 is 3. The molecule has 4 aromatic rings. The summed E-state index contributed by atoms with van der Waals surface area (Å²) in [6.45, 7) is 4.03. The maximum atomic E-state index is 13.6. The van der Waals surface area contributed by atoms with Gasteiger partial charge in [0.1, 0.15) is 4.83 Å². The summed E-state index contributed by atoms with van der Waals surface area (Å²) in [5.74, 6) is 0.879. The molecule has 0 saturated carbocycles. The molecular weight excluding hydrogens is 568 g/mol. The first kappa shape index (κ1) is 29.9. The number of hydrogen-bond donors (Lipinski definition) is 1. The Morgan fingerprint density at radius 3 is 2.49 bits per heavy atom. The third kappa shape index (κ3) is 6.63. The van der Waals surface area contributed by atoms with Gasteiger partial charge in [0.05, 0.1) is 37.4 Å². The number of hydrogen-bond acceptors (Lipinski definition) is 10. The van der Waals surface area contributed by atoms with E-state index in [2.05, 4.69) is 5.32 Å². The van der Waals surface area contributed by atoms with Gasteiger partial charge in [0.15, 0.2) is 22.4 Å². The lowest BCUT2D eigenvalue weighted by atomic mass is 10.1. The van der Waals surface area contributed by atoms with Crippen LogP contribution in [0.15, 0.2) is 46.3 Å². The molecular formula is C28H30N4O7S2. The lowest BCUT2D eigenvalue weighted by Gasteiger charge is -2.14. The van der Waals surface area contributed by atoms with Crippen molar-refractivity contribution in [2.75, 3.05) is 32.4 Å². The number of thioether (sulfide) groups is 1. The van der Waals surface area contributed by atoms with Crippen molar-refractivity contribution in [1.82, 2.24) is 9.55 Å². The summed E-state index contributed by atoms with van der Waals surface area (Å²) in [4.78, 5) is 43.7. The van der Waals surface area contributed by atoms with Crippen molar-refractivity contribution in [2.45, 2.75) is 38.4 Å². The highest BCUT2D eigenvalue weighted by Gasteiger charge is 2.20. The van der Waals surface area contributed by atoms with Crippen LogP contribution in [0.4, 0.5) is 11.4 Å². The number of nitrogens with zero attached hydrogens (tertiary/aromatic N) is 3. The number of nitro groups is 1. The van der Waals surface area contributed by atoms with E-state index in [0.29, 0.717) is 51.1 Å². The number of rotatable bonds is 12. The van der Waals surface area contributed by atoms with Gasteiger partial charge < -0.3 is 19.5 Å². The molecule has 0 bridgehead atoms. The van der Waals surface area contributed by atoms with Gasteiger partial charge in [0, 0.05) is 29.2 Å². The number of benzene rings is 2. The molecule has 0 aliphatic rings. The molecule has 0 saturated heterocycles. The van der Waals surface area contributed by atoms with Gasteiger partial charge in [-0.3, -0.25) is 24.3 Å². The molecule has 2 aromatic heterocycles. The van der Waals surface area contributed by atoms with Crippen LogP contribution < -0.4 is 25.1 Å². The van der Waals surface area contributed by atoms with Gasteiger partial charge in [0.2, 0.25) is 5.91 Å². The third-order valence-corrected chi connectivity index (χ3v) is 8.57. The molecule has 0 fully saturated rings. The van der Waals surface area contributed by atoms with Crippen molar-refractivity contribution >= 4 is 50.6 Å². The molecule has 11 nitrogen and oxygen atoms in total. The van der Waals surface area contributed by atoms with Crippen LogP contribution in [0.25, 0.3) is 10.2 Å². The fourth-order valence-electron chi connectivity index (χ4n) is 4.24. The summed E-state index contributed by atoms with van der Waals surface area (Å²) in [7, 11) is 4.47. The molecule has 216 valence electrons. The third-order valence-electron chi connectivity index (χ3n) is 6.42. The number of ether oxygens (including phenoxy) is 3. The summed E-state index contributed by atoms with van der Waals surface area (Å²) in [5.41, 5.74) is 1.53. The van der Waals surface area contributed by atoms with E-state index in [9.17, 15) is 19.7 Å². The van der Waals surface area contributed by atoms with Crippen LogP contribution >= 0.6 is 23.1 Å². The van der Waals surface area contributed by atoms with Crippen LogP contribution in [-0.2, 0) is 24.2 Å². The minimum Gasteiger partial charge on any atom is -0.493 e. The standard InChI is InChI=1S/C28H30N4O7S2/c1-6-18-13-19-26(41-18)30-28(31(27(19)34)10-9-17-7-8-22(37-3)24(12-17)39-5)40-15-25(33)29-20-14-23(38-4)21(32(35)36)11-16(20)2/h7-8,11-14H,6,9-10,15H2,1-5H3,(H,29,33). The number of carbonyl (C=O) groups is 1. The minimum absolute atomic E-state index is 0.0287. The average molecular weight is 599 g/mol. The van der Waals surface area contributed by atoms with E-state index >= 15 is 0 Å². The van der Waals surface area contributed by atoms with Crippen molar-refractivity contribution < 1.29 is 23.9 Å². The second kappa shape index (κ2) is 13.0. The van der Waals surface area contributed by atoms with Crippen LogP contribution in [0.2, 0.25) is 0 Å². The van der Waals surface area contributed by atoms with Gasteiger partial charge in [0.25, 0.3) is 5.56 Å². The molecule has 2 heterocycles. The van der Waals surface area contributed by atoms with Gasteiger partial charge in [-0.25, -0.2) is 4.98 Å². The number of amides is 1. The van der Waals surface area contributed by atoms with Crippen LogP contribution in [0.3, 0.4) is 0 Å². The predicted molar refractivity (Wildman–Crippen MR) is 160 cm³/mol. The molecule has 0 unspecified atom stereocenters. The fraction of sp³-hybridized carbons (Fsp3) is 0.321. The number of thiophene rings is 1. The Balaban J connectivity index is 1.58. The Hall–Kier alpha value is -4.10. The number of aromatic nitrogens is 2. The summed E-state index contributed by atoms with van der Waals surface area (Å²) < 4.78 is 17.5. The zero-order valence-electron chi connectivity index (χ0n) is 23.3. The van der Waals surface area contributed by atoms with Crippen LogP contribution in [0.5, 0.6) is 17.2 Å². The zero-order chi connectivity index (χ0) is 29.7. The molecule has 0 aliphatic carbocycles. The Morgan fingerprint density at radius 2 is 1.83 bits per heavy atom. The smallest absolute Gasteiger partial charge is 0.311 e. The number of anilines is 1. The summed E-state index contributed by atoms with van der Waals surface area (Å²) in [6, 6.07) is 10.3. The molecule has 13 heteroatoms. The molecule has 41 heavy (non-hydrogen) atoms. The largest absolute Gasteiger partial charge is 0.493 e. The molecule has 1 amide bonds. The quantitative estimate of drug-likeness (QED) is 0.101. The molecule has 0 spiro atoms. The van der Waals surface area contributed by atoms with Gasteiger partial charge in [-0.1, -0.05) is 24.8 Å². The maximum absolute atomic E-state index is 13.6. The zero-order valence-corrected chi connectivity index (χ0v) is 24.9. The first-order valence-electron chi connectivity index (χ1n) is 12.7. The van der Waals surface area contributed by atoms with Crippen molar-refractivity contribution in [3.63, 3.8) is 0 Å². The molecule has 0 radical (unpaired) electrons. The summed E-state index contributed by atoms with van der Waals surface area (Å²) >= 11 is 2.62. The highest BCUT2D eigenvalue weighted by atomic mass is 32.2. The number of carbonyl (C=O) groups excluding carboxylic acids is 1. The van der Waals surface area contributed by atoms with Crippen molar-refractivity contribution in [3.8, 4) is 17.2 Å². The summed E-state index contributed by atoms with van der Waals surface area (Å²) in [5, 5.41) is 15.1.